The average molecular weight is 310 g/mol. The minimum atomic E-state index is 0.0746. The Hall–Kier alpha value is -1.47. The van der Waals surface area contributed by atoms with Gasteiger partial charge in [-0.25, -0.2) is 0 Å². The highest BCUT2D eigenvalue weighted by molar-refractivity contribution is 5.75. The van der Waals surface area contributed by atoms with Crippen LogP contribution >= 0.6 is 0 Å². The third kappa shape index (κ3) is 5.73. The van der Waals surface area contributed by atoms with Crippen LogP contribution in [0.15, 0.2) is 4.52 Å². The normalized spacial score (nSPS) is 22.7. The van der Waals surface area contributed by atoms with Crippen LogP contribution in [0.1, 0.15) is 38.4 Å². The first-order valence-corrected chi connectivity index (χ1v) is 7.96. The molecular weight excluding hydrogens is 284 g/mol. The van der Waals surface area contributed by atoms with E-state index in [9.17, 15) is 4.79 Å². The number of morpholine rings is 1. The Kier molecular flexibility index (Phi) is 6.33. The van der Waals surface area contributed by atoms with Crippen molar-refractivity contribution in [3.05, 3.63) is 11.7 Å². The van der Waals surface area contributed by atoms with Gasteiger partial charge in [0.2, 0.25) is 11.8 Å². The van der Waals surface area contributed by atoms with Crippen LogP contribution < -0.4 is 5.32 Å². The van der Waals surface area contributed by atoms with Gasteiger partial charge in [-0.3, -0.25) is 9.69 Å². The highest BCUT2D eigenvalue weighted by Gasteiger charge is 2.21. The number of ether oxygens (including phenoxy) is 1. The summed E-state index contributed by atoms with van der Waals surface area (Å²) in [6.07, 6.45) is 2.37. The van der Waals surface area contributed by atoms with Crippen molar-refractivity contribution in [2.45, 2.75) is 52.2 Å². The standard InChI is InChI=1S/C15H26N4O3/c1-11-9-19(10-12(2)21-11)8-7-16-14(20)5-4-6-15-17-13(3)18-22-15/h11-12H,4-10H2,1-3H3,(H,16,20)/t11-,12-/m1/s1. The zero-order valence-electron chi connectivity index (χ0n) is 13.7. The van der Waals surface area contributed by atoms with Gasteiger partial charge in [-0.1, -0.05) is 5.16 Å². The minimum absolute atomic E-state index is 0.0746. The third-order valence-corrected chi connectivity index (χ3v) is 3.61. The molecule has 1 fully saturated rings. The van der Waals surface area contributed by atoms with E-state index in [0.29, 0.717) is 31.1 Å². The van der Waals surface area contributed by atoms with Gasteiger partial charge in [0.1, 0.15) is 0 Å². The summed E-state index contributed by atoms with van der Waals surface area (Å²) >= 11 is 0. The fourth-order valence-corrected chi connectivity index (χ4v) is 2.75. The average Bonchev–Trinajstić information content (AvgIpc) is 2.83. The molecule has 1 aliphatic rings. The fourth-order valence-electron chi connectivity index (χ4n) is 2.75. The number of hydrogen-bond acceptors (Lipinski definition) is 6. The summed E-state index contributed by atoms with van der Waals surface area (Å²) in [5.41, 5.74) is 0. The second-order valence-electron chi connectivity index (χ2n) is 5.96. The van der Waals surface area contributed by atoms with Crippen molar-refractivity contribution in [2.24, 2.45) is 0 Å². The van der Waals surface area contributed by atoms with Crippen molar-refractivity contribution < 1.29 is 14.1 Å². The highest BCUT2D eigenvalue weighted by Crippen LogP contribution is 2.09. The van der Waals surface area contributed by atoms with E-state index < -0.39 is 0 Å². The Balaban J connectivity index is 1.55. The predicted molar refractivity (Wildman–Crippen MR) is 81.4 cm³/mol. The van der Waals surface area contributed by atoms with Crippen LogP contribution in [-0.2, 0) is 16.0 Å². The van der Waals surface area contributed by atoms with Crippen molar-refractivity contribution in [2.75, 3.05) is 26.2 Å². The van der Waals surface area contributed by atoms with Gasteiger partial charge in [0.05, 0.1) is 12.2 Å². The molecule has 0 aliphatic carbocycles. The van der Waals surface area contributed by atoms with Crippen LogP contribution in [0.25, 0.3) is 0 Å². The SMILES string of the molecule is Cc1noc(CCCC(=O)NCCN2C[C@@H](C)O[C@H](C)C2)n1. The van der Waals surface area contributed by atoms with Gasteiger partial charge in [-0.2, -0.15) is 4.98 Å². The maximum atomic E-state index is 11.8. The summed E-state index contributed by atoms with van der Waals surface area (Å²) in [5, 5.41) is 6.69. The van der Waals surface area contributed by atoms with Gasteiger partial charge in [-0.15, -0.1) is 0 Å². The number of amides is 1. The van der Waals surface area contributed by atoms with Gasteiger partial charge in [0.25, 0.3) is 0 Å². The minimum Gasteiger partial charge on any atom is -0.373 e. The molecule has 0 saturated carbocycles. The molecule has 1 saturated heterocycles. The second-order valence-corrected chi connectivity index (χ2v) is 5.96. The molecule has 1 aromatic heterocycles. The Morgan fingerprint density at radius 1 is 1.36 bits per heavy atom. The Bertz CT molecular complexity index is 467. The number of nitrogens with one attached hydrogen (secondary N) is 1. The lowest BCUT2D eigenvalue weighted by molar-refractivity contribution is -0.121. The van der Waals surface area contributed by atoms with Crippen molar-refractivity contribution >= 4 is 5.91 Å². The maximum absolute atomic E-state index is 11.8. The van der Waals surface area contributed by atoms with E-state index in [4.69, 9.17) is 9.26 Å². The van der Waals surface area contributed by atoms with Crippen LogP contribution in [0, 0.1) is 6.92 Å². The molecule has 0 bridgehead atoms. The fraction of sp³-hybridized carbons (Fsp3) is 0.800. The summed E-state index contributed by atoms with van der Waals surface area (Å²) in [6, 6.07) is 0. The summed E-state index contributed by atoms with van der Waals surface area (Å²) in [5.74, 6) is 1.31. The summed E-state index contributed by atoms with van der Waals surface area (Å²) < 4.78 is 10.7. The molecule has 0 unspecified atom stereocenters. The zero-order chi connectivity index (χ0) is 15.9. The number of aromatic nitrogens is 2. The molecule has 2 atom stereocenters. The molecule has 1 aromatic rings. The molecule has 2 heterocycles. The molecule has 2 rings (SSSR count). The topological polar surface area (TPSA) is 80.5 Å². The lowest BCUT2D eigenvalue weighted by atomic mass is 10.2. The first kappa shape index (κ1) is 16.9. The van der Waals surface area contributed by atoms with E-state index in [1.54, 1.807) is 6.92 Å². The van der Waals surface area contributed by atoms with E-state index in [0.717, 1.165) is 26.1 Å². The molecule has 1 amide bonds. The quantitative estimate of drug-likeness (QED) is 0.807. The van der Waals surface area contributed by atoms with E-state index in [-0.39, 0.29) is 18.1 Å². The molecule has 7 heteroatoms. The first-order valence-electron chi connectivity index (χ1n) is 7.96. The van der Waals surface area contributed by atoms with E-state index in [2.05, 4.69) is 34.2 Å². The number of aryl methyl sites for hydroxylation is 2. The van der Waals surface area contributed by atoms with Crippen molar-refractivity contribution in [1.82, 2.24) is 20.4 Å². The van der Waals surface area contributed by atoms with Gasteiger partial charge >= 0.3 is 0 Å². The largest absolute Gasteiger partial charge is 0.373 e. The van der Waals surface area contributed by atoms with E-state index in [1.807, 2.05) is 0 Å². The maximum Gasteiger partial charge on any atom is 0.226 e. The number of hydrogen-bond donors (Lipinski definition) is 1. The molecule has 124 valence electrons. The van der Waals surface area contributed by atoms with Crippen LogP contribution in [0.4, 0.5) is 0 Å². The zero-order valence-corrected chi connectivity index (χ0v) is 13.7. The number of carbonyl (C=O) groups is 1. The molecule has 0 spiro atoms. The predicted octanol–water partition coefficient (Wildman–Crippen LogP) is 0.926. The molecule has 1 aliphatic heterocycles. The van der Waals surface area contributed by atoms with Gasteiger partial charge in [0.15, 0.2) is 5.82 Å². The Morgan fingerprint density at radius 2 is 2.09 bits per heavy atom. The monoisotopic (exact) mass is 310 g/mol. The van der Waals surface area contributed by atoms with Gasteiger partial charge in [0, 0.05) is 39.0 Å². The Morgan fingerprint density at radius 3 is 2.73 bits per heavy atom. The summed E-state index contributed by atoms with van der Waals surface area (Å²) in [4.78, 5) is 18.2. The molecule has 1 N–H and O–H groups in total. The van der Waals surface area contributed by atoms with E-state index >= 15 is 0 Å². The van der Waals surface area contributed by atoms with Crippen molar-refractivity contribution in [1.29, 1.82) is 0 Å². The lowest BCUT2D eigenvalue weighted by Crippen LogP contribution is -2.47. The smallest absolute Gasteiger partial charge is 0.226 e. The summed E-state index contributed by atoms with van der Waals surface area (Å²) in [6.45, 7) is 9.35. The summed E-state index contributed by atoms with van der Waals surface area (Å²) in [7, 11) is 0. The second kappa shape index (κ2) is 8.24. The molecule has 7 nitrogen and oxygen atoms in total. The van der Waals surface area contributed by atoms with Crippen molar-refractivity contribution in [3.63, 3.8) is 0 Å². The van der Waals surface area contributed by atoms with Gasteiger partial charge < -0.3 is 14.6 Å². The molecule has 0 aromatic carbocycles. The van der Waals surface area contributed by atoms with Crippen LogP contribution in [0.2, 0.25) is 0 Å². The van der Waals surface area contributed by atoms with Crippen LogP contribution in [0.3, 0.4) is 0 Å². The molecule has 0 radical (unpaired) electrons. The third-order valence-electron chi connectivity index (χ3n) is 3.61. The molecular formula is C15H26N4O3. The van der Waals surface area contributed by atoms with Crippen LogP contribution in [0.5, 0.6) is 0 Å². The highest BCUT2D eigenvalue weighted by atomic mass is 16.5. The van der Waals surface area contributed by atoms with E-state index in [1.165, 1.54) is 0 Å². The number of nitrogens with zero attached hydrogens (tertiary/aromatic N) is 3. The van der Waals surface area contributed by atoms with Crippen LogP contribution in [-0.4, -0.2) is 59.3 Å². The van der Waals surface area contributed by atoms with Gasteiger partial charge in [-0.05, 0) is 27.2 Å². The first-order chi connectivity index (χ1) is 10.5. The Labute approximate surface area is 131 Å². The molecule has 22 heavy (non-hydrogen) atoms. The number of carbonyl (C=O) groups excluding carboxylic acids is 1. The van der Waals surface area contributed by atoms with Crippen molar-refractivity contribution in [3.8, 4) is 0 Å². The lowest BCUT2D eigenvalue weighted by Gasteiger charge is -2.35. The number of rotatable bonds is 7.